The minimum atomic E-state index is -0.845. The monoisotopic (exact) mass is 224 g/mol. The van der Waals surface area contributed by atoms with Gasteiger partial charge in [-0.3, -0.25) is 4.79 Å². The Morgan fingerprint density at radius 2 is 2.00 bits per heavy atom. The number of carboxylic acid groups (broad SMARTS) is 1. The van der Waals surface area contributed by atoms with Crippen LogP contribution in [0.15, 0.2) is 24.3 Å². The Balaban J connectivity index is 2.39. The Morgan fingerprint density at radius 1 is 1.38 bits per heavy atom. The molecule has 0 unspecified atom stereocenters. The number of hydrogen-bond acceptors (Lipinski definition) is 3. The van der Waals surface area contributed by atoms with Gasteiger partial charge in [0.2, 0.25) is 0 Å². The summed E-state index contributed by atoms with van der Waals surface area (Å²) in [4.78, 5) is 10.4. The Hall–Kier alpha value is -1.55. The van der Waals surface area contributed by atoms with Gasteiger partial charge in [-0.05, 0) is 24.6 Å². The van der Waals surface area contributed by atoms with Crippen molar-refractivity contribution in [3.8, 4) is 5.75 Å². The van der Waals surface area contributed by atoms with Gasteiger partial charge < -0.3 is 14.6 Å². The maximum atomic E-state index is 10.4. The van der Waals surface area contributed by atoms with E-state index in [-0.39, 0.29) is 12.5 Å². The molecule has 1 atom stereocenters. The Kier molecular flexibility index (Phi) is 4.79. The molecule has 1 aromatic rings. The van der Waals surface area contributed by atoms with Crippen LogP contribution in [0.2, 0.25) is 0 Å². The zero-order valence-corrected chi connectivity index (χ0v) is 9.47. The zero-order valence-electron chi connectivity index (χ0n) is 9.47. The summed E-state index contributed by atoms with van der Waals surface area (Å²) in [7, 11) is 1.61. The molecule has 0 radical (unpaired) electrons. The van der Waals surface area contributed by atoms with Gasteiger partial charge in [-0.2, -0.15) is 0 Å². The number of aliphatic carboxylic acids is 1. The Labute approximate surface area is 94.8 Å². The Morgan fingerprint density at radius 3 is 2.50 bits per heavy atom. The standard InChI is InChI=1S/C12H16O4/c1-9(7-12(13)14)16-8-10-3-5-11(15-2)6-4-10/h3-6,9H,7-8H2,1-2H3,(H,13,14)/t9-/m1/s1. The van der Waals surface area contributed by atoms with Crippen LogP contribution in [0.3, 0.4) is 0 Å². The first-order valence-electron chi connectivity index (χ1n) is 5.08. The van der Waals surface area contributed by atoms with E-state index in [0.29, 0.717) is 6.61 Å². The maximum absolute atomic E-state index is 10.4. The molecule has 0 saturated carbocycles. The number of benzene rings is 1. The molecule has 0 aliphatic rings. The molecule has 0 aromatic heterocycles. The van der Waals surface area contributed by atoms with Crippen LogP contribution in [0.5, 0.6) is 5.75 Å². The van der Waals surface area contributed by atoms with Crippen LogP contribution in [0.25, 0.3) is 0 Å². The minimum Gasteiger partial charge on any atom is -0.497 e. The largest absolute Gasteiger partial charge is 0.497 e. The lowest BCUT2D eigenvalue weighted by Gasteiger charge is -2.10. The molecule has 0 saturated heterocycles. The molecule has 1 aromatic carbocycles. The van der Waals surface area contributed by atoms with Gasteiger partial charge >= 0.3 is 5.97 Å². The van der Waals surface area contributed by atoms with Crippen LogP contribution in [0, 0.1) is 0 Å². The van der Waals surface area contributed by atoms with Crippen molar-refractivity contribution in [3.05, 3.63) is 29.8 Å². The molecular weight excluding hydrogens is 208 g/mol. The predicted octanol–water partition coefficient (Wildman–Crippen LogP) is 2.08. The van der Waals surface area contributed by atoms with Gasteiger partial charge in [0.25, 0.3) is 0 Å². The summed E-state index contributed by atoms with van der Waals surface area (Å²) in [5.74, 6) is -0.0513. The number of ether oxygens (including phenoxy) is 2. The van der Waals surface area contributed by atoms with Crippen molar-refractivity contribution in [2.75, 3.05) is 7.11 Å². The van der Waals surface area contributed by atoms with Gasteiger partial charge in [0, 0.05) is 0 Å². The lowest BCUT2D eigenvalue weighted by atomic mass is 10.2. The zero-order chi connectivity index (χ0) is 12.0. The molecule has 0 fully saturated rings. The fourth-order valence-electron chi connectivity index (χ4n) is 1.27. The first-order valence-corrected chi connectivity index (χ1v) is 5.08. The molecule has 4 nitrogen and oxygen atoms in total. The van der Waals surface area contributed by atoms with E-state index in [0.717, 1.165) is 11.3 Å². The average Bonchev–Trinajstić information content (AvgIpc) is 2.26. The molecule has 88 valence electrons. The van der Waals surface area contributed by atoms with Crippen LogP contribution in [0.4, 0.5) is 0 Å². The molecule has 16 heavy (non-hydrogen) atoms. The third-order valence-electron chi connectivity index (χ3n) is 2.16. The molecule has 1 rings (SSSR count). The van der Waals surface area contributed by atoms with Gasteiger partial charge in [-0.25, -0.2) is 0 Å². The van der Waals surface area contributed by atoms with E-state index in [1.54, 1.807) is 14.0 Å². The summed E-state index contributed by atoms with van der Waals surface area (Å²) in [6.07, 6.45) is -0.254. The number of methoxy groups -OCH3 is 1. The lowest BCUT2D eigenvalue weighted by molar-refractivity contribution is -0.140. The number of hydrogen-bond donors (Lipinski definition) is 1. The van der Waals surface area contributed by atoms with Crippen molar-refractivity contribution in [2.45, 2.75) is 26.1 Å². The number of carbonyl (C=O) groups is 1. The summed E-state index contributed by atoms with van der Waals surface area (Å²) in [5.41, 5.74) is 0.998. The van der Waals surface area contributed by atoms with Crippen LogP contribution < -0.4 is 4.74 Å². The molecule has 0 amide bonds. The molecule has 0 aliphatic heterocycles. The van der Waals surface area contributed by atoms with Crippen LogP contribution in [-0.4, -0.2) is 24.3 Å². The van der Waals surface area contributed by atoms with E-state index in [2.05, 4.69) is 0 Å². The highest BCUT2D eigenvalue weighted by Gasteiger charge is 2.07. The summed E-state index contributed by atoms with van der Waals surface area (Å²) in [6.45, 7) is 2.16. The second kappa shape index (κ2) is 6.12. The smallest absolute Gasteiger partial charge is 0.305 e. The van der Waals surface area contributed by atoms with E-state index in [1.165, 1.54) is 0 Å². The van der Waals surface area contributed by atoms with Crippen LogP contribution in [0.1, 0.15) is 18.9 Å². The SMILES string of the molecule is COc1ccc(CO[C@H](C)CC(=O)O)cc1. The van der Waals surface area contributed by atoms with Gasteiger partial charge in [-0.15, -0.1) is 0 Å². The summed E-state index contributed by atoms with van der Waals surface area (Å²) < 4.78 is 10.4. The minimum absolute atomic E-state index is 0.0240. The van der Waals surface area contributed by atoms with Gasteiger partial charge in [-0.1, -0.05) is 12.1 Å². The topological polar surface area (TPSA) is 55.8 Å². The molecule has 0 aliphatic carbocycles. The van der Waals surface area contributed by atoms with E-state index in [1.807, 2.05) is 24.3 Å². The van der Waals surface area contributed by atoms with Crippen LogP contribution in [-0.2, 0) is 16.1 Å². The Bertz CT molecular complexity index is 331. The summed E-state index contributed by atoms with van der Waals surface area (Å²) in [5, 5.41) is 8.55. The molecule has 0 bridgehead atoms. The second-order valence-electron chi connectivity index (χ2n) is 3.57. The molecular formula is C12H16O4. The first-order chi connectivity index (χ1) is 7.61. The highest BCUT2D eigenvalue weighted by atomic mass is 16.5. The second-order valence-corrected chi connectivity index (χ2v) is 3.57. The molecule has 0 heterocycles. The average molecular weight is 224 g/mol. The predicted molar refractivity (Wildman–Crippen MR) is 59.5 cm³/mol. The number of carboxylic acids is 1. The van der Waals surface area contributed by atoms with Crippen molar-refractivity contribution in [2.24, 2.45) is 0 Å². The van der Waals surface area contributed by atoms with Gasteiger partial charge in [0.1, 0.15) is 5.75 Å². The summed E-state index contributed by atoms with van der Waals surface area (Å²) >= 11 is 0. The van der Waals surface area contributed by atoms with E-state index in [4.69, 9.17) is 14.6 Å². The summed E-state index contributed by atoms with van der Waals surface area (Å²) in [6, 6.07) is 7.49. The van der Waals surface area contributed by atoms with E-state index >= 15 is 0 Å². The third kappa shape index (κ3) is 4.31. The van der Waals surface area contributed by atoms with Gasteiger partial charge in [0.15, 0.2) is 0 Å². The highest BCUT2D eigenvalue weighted by Crippen LogP contribution is 2.12. The van der Waals surface area contributed by atoms with Gasteiger partial charge in [0.05, 0.1) is 26.2 Å². The van der Waals surface area contributed by atoms with E-state index < -0.39 is 5.97 Å². The number of rotatable bonds is 6. The van der Waals surface area contributed by atoms with Crippen molar-refractivity contribution in [1.82, 2.24) is 0 Å². The third-order valence-corrected chi connectivity index (χ3v) is 2.16. The maximum Gasteiger partial charge on any atom is 0.305 e. The van der Waals surface area contributed by atoms with Crippen molar-refractivity contribution in [1.29, 1.82) is 0 Å². The quantitative estimate of drug-likeness (QED) is 0.803. The normalized spacial score (nSPS) is 12.1. The van der Waals surface area contributed by atoms with Crippen molar-refractivity contribution >= 4 is 5.97 Å². The first kappa shape index (κ1) is 12.5. The molecule has 1 N–H and O–H groups in total. The van der Waals surface area contributed by atoms with Crippen molar-refractivity contribution in [3.63, 3.8) is 0 Å². The fraction of sp³-hybridized carbons (Fsp3) is 0.417. The highest BCUT2D eigenvalue weighted by molar-refractivity contribution is 5.67. The van der Waals surface area contributed by atoms with Crippen LogP contribution >= 0.6 is 0 Å². The van der Waals surface area contributed by atoms with Crippen molar-refractivity contribution < 1.29 is 19.4 Å². The lowest BCUT2D eigenvalue weighted by Crippen LogP contribution is -2.13. The van der Waals surface area contributed by atoms with E-state index in [9.17, 15) is 4.79 Å². The molecule has 4 heteroatoms. The molecule has 0 spiro atoms. The fourth-order valence-corrected chi connectivity index (χ4v) is 1.27.